The molecular formula is C15H9ClN2O. The summed E-state index contributed by atoms with van der Waals surface area (Å²) in [5, 5.41) is 1.38. The summed E-state index contributed by atoms with van der Waals surface area (Å²) in [6.07, 6.45) is 7.02. The van der Waals surface area contributed by atoms with Gasteiger partial charge in [-0.3, -0.25) is 0 Å². The van der Waals surface area contributed by atoms with Crippen LogP contribution in [0.1, 0.15) is 5.76 Å². The minimum atomic E-state index is 0.311. The van der Waals surface area contributed by atoms with Gasteiger partial charge in [0.1, 0.15) is 0 Å². The first-order valence-electron chi connectivity index (χ1n) is 5.59. The minimum Gasteiger partial charge on any atom is -0.427 e. The third kappa shape index (κ3) is 1.92. The zero-order valence-corrected chi connectivity index (χ0v) is 10.6. The van der Waals surface area contributed by atoms with Crippen molar-refractivity contribution in [2.24, 2.45) is 0 Å². The maximum atomic E-state index is 5.98. The number of benzene rings is 1. The second kappa shape index (κ2) is 4.34. The minimum absolute atomic E-state index is 0.311. The zero-order chi connectivity index (χ0) is 13.4. The van der Waals surface area contributed by atoms with Crippen molar-refractivity contribution in [1.29, 1.82) is 0 Å². The molecule has 2 N–H and O–H groups in total. The van der Waals surface area contributed by atoms with Gasteiger partial charge in [-0.1, -0.05) is 23.7 Å². The highest BCUT2D eigenvalue weighted by atomic mass is 35.5. The molecule has 0 unspecified atom stereocenters. The molecule has 0 aliphatic rings. The lowest BCUT2D eigenvalue weighted by molar-refractivity contribution is 0.591. The molecule has 3 aromatic rings. The highest BCUT2D eigenvalue weighted by Gasteiger charge is 2.11. The van der Waals surface area contributed by atoms with Crippen LogP contribution in [0.2, 0.25) is 5.02 Å². The average Bonchev–Trinajstić information content (AvgIpc) is 2.75. The maximum absolute atomic E-state index is 5.98. The van der Waals surface area contributed by atoms with E-state index in [0.29, 0.717) is 27.6 Å². The molecule has 0 spiro atoms. The fourth-order valence-electron chi connectivity index (χ4n) is 1.93. The third-order valence-corrected chi connectivity index (χ3v) is 3.11. The lowest BCUT2D eigenvalue weighted by atomic mass is 10.1. The Balaban J connectivity index is 2.22. The van der Waals surface area contributed by atoms with E-state index in [1.807, 2.05) is 30.3 Å². The number of hydrogen-bond acceptors (Lipinski definition) is 3. The molecule has 19 heavy (non-hydrogen) atoms. The van der Waals surface area contributed by atoms with Gasteiger partial charge >= 0.3 is 0 Å². The molecule has 0 aliphatic carbocycles. The van der Waals surface area contributed by atoms with Gasteiger partial charge in [0.15, 0.2) is 0 Å². The highest BCUT2D eigenvalue weighted by Crippen LogP contribution is 2.30. The van der Waals surface area contributed by atoms with Crippen LogP contribution in [0.25, 0.3) is 22.2 Å². The van der Waals surface area contributed by atoms with Crippen molar-refractivity contribution in [2.45, 2.75) is 0 Å². The number of anilines is 1. The number of halogens is 1. The highest BCUT2D eigenvalue weighted by molar-refractivity contribution is 6.30. The third-order valence-electron chi connectivity index (χ3n) is 2.87. The van der Waals surface area contributed by atoms with E-state index in [1.54, 1.807) is 6.20 Å². The fraction of sp³-hybridized carbons (Fsp3) is 0. The predicted molar refractivity (Wildman–Crippen MR) is 76.8 cm³/mol. The molecule has 0 fully saturated rings. The van der Waals surface area contributed by atoms with Crippen molar-refractivity contribution >= 4 is 28.4 Å². The van der Waals surface area contributed by atoms with E-state index in [0.717, 1.165) is 11.1 Å². The van der Waals surface area contributed by atoms with Crippen LogP contribution >= 0.6 is 11.6 Å². The lowest BCUT2D eigenvalue weighted by Gasteiger charge is -2.01. The second-order valence-electron chi connectivity index (χ2n) is 4.08. The van der Waals surface area contributed by atoms with Crippen LogP contribution in [-0.2, 0) is 0 Å². The number of aromatic nitrogens is 1. The Morgan fingerprint density at radius 2 is 2.11 bits per heavy atom. The number of hydrogen-bond donors (Lipinski definition) is 1. The normalized spacial score (nSPS) is 10.5. The van der Waals surface area contributed by atoms with E-state index in [4.69, 9.17) is 28.2 Å². The van der Waals surface area contributed by atoms with E-state index >= 15 is 0 Å². The lowest BCUT2D eigenvalue weighted by Crippen LogP contribution is -1.86. The van der Waals surface area contributed by atoms with E-state index in [2.05, 4.69) is 10.9 Å². The Labute approximate surface area is 115 Å². The van der Waals surface area contributed by atoms with E-state index < -0.39 is 0 Å². The van der Waals surface area contributed by atoms with Crippen LogP contribution in [0.4, 0.5) is 5.69 Å². The van der Waals surface area contributed by atoms with Crippen molar-refractivity contribution in [3.8, 4) is 23.5 Å². The number of rotatable bonds is 1. The molecule has 4 heteroatoms. The summed E-state index contributed by atoms with van der Waals surface area (Å²) in [5.41, 5.74) is 8.67. The molecule has 0 amide bonds. The molecule has 92 valence electrons. The summed E-state index contributed by atoms with van der Waals surface area (Å²) in [7, 11) is 0. The Hall–Kier alpha value is -2.44. The molecule has 1 aromatic carbocycles. The number of fused-ring (bicyclic) bond motifs is 1. The number of nitrogen functional groups attached to an aromatic ring is 1. The molecular weight excluding hydrogens is 260 g/mol. The van der Waals surface area contributed by atoms with Crippen LogP contribution in [0.5, 0.6) is 0 Å². The smallest absolute Gasteiger partial charge is 0.229 e. The topological polar surface area (TPSA) is 52.0 Å². The summed E-state index contributed by atoms with van der Waals surface area (Å²) in [5.74, 6) is 2.71. The summed E-state index contributed by atoms with van der Waals surface area (Å²) in [6, 6.07) is 9.41. The van der Waals surface area contributed by atoms with Gasteiger partial charge < -0.3 is 10.2 Å². The van der Waals surface area contributed by atoms with Crippen molar-refractivity contribution in [3.05, 3.63) is 47.3 Å². The Morgan fingerprint density at radius 3 is 2.84 bits per heavy atom. The van der Waals surface area contributed by atoms with Gasteiger partial charge in [-0.15, -0.1) is 6.42 Å². The van der Waals surface area contributed by atoms with Crippen molar-refractivity contribution in [2.75, 3.05) is 5.73 Å². The van der Waals surface area contributed by atoms with Gasteiger partial charge in [-0.05, 0) is 29.7 Å². The molecule has 0 radical (unpaired) electrons. The predicted octanol–water partition coefficient (Wildman–Crippen LogP) is 3.71. The van der Waals surface area contributed by atoms with Crippen LogP contribution in [0, 0.1) is 12.3 Å². The number of terminal acetylenes is 1. The molecule has 0 bridgehead atoms. The first kappa shape index (κ1) is 11.6. The van der Waals surface area contributed by atoms with Crippen molar-refractivity contribution in [3.63, 3.8) is 0 Å². The quantitative estimate of drug-likeness (QED) is 0.685. The molecule has 0 atom stereocenters. The zero-order valence-electron chi connectivity index (χ0n) is 9.85. The molecule has 0 saturated heterocycles. The Morgan fingerprint density at radius 1 is 1.26 bits per heavy atom. The van der Waals surface area contributed by atoms with Gasteiger partial charge in [0.05, 0.1) is 11.1 Å². The largest absolute Gasteiger partial charge is 0.427 e. The first-order chi connectivity index (χ1) is 9.19. The Kier molecular flexibility index (Phi) is 2.66. The van der Waals surface area contributed by atoms with Crippen LogP contribution in [-0.4, -0.2) is 4.98 Å². The molecule has 3 nitrogen and oxygen atoms in total. The molecule has 2 aromatic heterocycles. The number of furan rings is 1. The number of pyridine rings is 1. The van der Waals surface area contributed by atoms with Crippen LogP contribution < -0.4 is 5.73 Å². The monoisotopic (exact) mass is 268 g/mol. The van der Waals surface area contributed by atoms with Gasteiger partial charge in [0, 0.05) is 16.8 Å². The fourth-order valence-corrected chi connectivity index (χ4v) is 2.12. The van der Waals surface area contributed by atoms with E-state index in [9.17, 15) is 0 Å². The summed E-state index contributed by atoms with van der Waals surface area (Å²) in [4.78, 5) is 4.23. The van der Waals surface area contributed by atoms with Crippen LogP contribution in [0.15, 0.2) is 40.9 Å². The second-order valence-corrected chi connectivity index (χ2v) is 4.51. The van der Waals surface area contributed by atoms with Gasteiger partial charge in [-0.2, -0.15) is 0 Å². The van der Waals surface area contributed by atoms with E-state index in [-0.39, 0.29) is 0 Å². The molecule has 0 aliphatic heterocycles. The van der Waals surface area contributed by atoms with Gasteiger partial charge in [-0.25, -0.2) is 4.98 Å². The van der Waals surface area contributed by atoms with Crippen LogP contribution in [0.3, 0.4) is 0 Å². The molecule has 3 rings (SSSR count). The van der Waals surface area contributed by atoms with Gasteiger partial charge in [0.25, 0.3) is 0 Å². The van der Waals surface area contributed by atoms with Gasteiger partial charge in [0.2, 0.25) is 11.5 Å². The average molecular weight is 269 g/mol. The standard InChI is InChI=1S/C15H9ClN2O/c1-2-13-14(17)12-7-10(8-18-15(12)19-13)9-4-3-5-11(16)6-9/h1,3-8H,17H2. The first-order valence-corrected chi connectivity index (χ1v) is 5.97. The number of nitrogens with two attached hydrogens (primary N) is 1. The van der Waals surface area contributed by atoms with Crippen molar-refractivity contribution in [1.82, 2.24) is 4.98 Å². The molecule has 2 heterocycles. The SMILES string of the molecule is C#Cc1oc2ncc(-c3cccc(Cl)c3)cc2c1N. The number of nitrogens with zero attached hydrogens (tertiary/aromatic N) is 1. The summed E-state index contributed by atoms with van der Waals surface area (Å²) >= 11 is 5.98. The molecule has 0 saturated carbocycles. The maximum Gasteiger partial charge on any atom is 0.229 e. The van der Waals surface area contributed by atoms with Crippen molar-refractivity contribution < 1.29 is 4.42 Å². The van der Waals surface area contributed by atoms with E-state index in [1.165, 1.54) is 0 Å². The Bertz CT molecular complexity index is 815. The summed E-state index contributed by atoms with van der Waals surface area (Å²) < 4.78 is 5.36. The summed E-state index contributed by atoms with van der Waals surface area (Å²) in [6.45, 7) is 0.